The molecule has 5 nitrogen and oxygen atoms in total. The number of aryl methyl sites for hydroxylation is 2. The van der Waals surface area contributed by atoms with Crippen molar-refractivity contribution in [1.82, 2.24) is 19.5 Å². The van der Waals surface area contributed by atoms with E-state index in [2.05, 4.69) is 15.0 Å². The number of ether oxygens (including phenoxy) is 1. The summed E-state index contributed by atoms with van der Waals surface area (Å²) in [6.45, 7) is 1.50. The van der Waals surface area contributed by atoms with Crippen LogP contribution in [0.2, 0.25) is 5.02 Å². The predicted molar refractivity (Wildman–Crippen MR) is 77.6 cm³/mol. The van der Waals surface area contributed by atoms with Gasteiger partial charge in [-0.25, -0.2) is 9.97 Å². The van der Waals surface area contributed by atoms with Crippen molar-refractivity contribution in [2.75, 3.05) is 0 Å². The second-order valence-electron chi connectivity index (χ2n) is 4.90. The maximum atomic E-state index is 12.6. The molecule has 3 aromatic rings. The Bertz CT molecular complexity index is 892. The van der Waals surface area contributed by atoms with Gasteiger partial charge >= 0.3 is 6.18 Å². The molecule has 0 amide bonds. The highest BCUT2D eigenvalue weighted by Crippen LogP contribution is 2.32. The molecule has 3 heterocycles. The number of fused-ring (bicyclic) bond motifs is 1. The lowest BCUT2D eigenvalue weighted by Crippen LogP contribution is -2.08. The van der Waals surface area contributed by atoms with Crippen molar-refractivity contribution in [3.63, 3.8) is 0 Å². The first kappa shape index (κ1) is 15.5. The Morgan fingerprint density at radius 1 is 1.22 bits per heavy atom. The molecule has 0 atom stereocenters. The third-order valence-electron chi connectivity index (χ3n) is 3.17. The van der Waals surface area contributed by atoms with Gasteiger partial charge in [-0.2, -0.15) is 18.2 Å². The Morgan fingerprint density at radius 3 is 2.61 bits per heavy atom. The second-order valence-corrected chi connectivity index (χ2v) is 5.31. The van der Waals surface area contributed by atoms with Gasteiger partial charge in [-0.3, -0.25) is 0 Å². The first-order valence-corrected chi connectivity index (χ1v) is 6.83. The van der Waals surface area contributed by atoms with Crippen LogP contribution in [-0.2, 0) is 13.2 Å². The number of alkyl halides is 3. The highest BCUT2D eigenvalue weighted by molar-refractivity contribution is 6.34. The molecule has 0 spiro atoms. The van der Waals surface area contributed by atoms with Crippen LogP contribution in [0.4, 0.5) is 13.2 Å². The minimum Gasteiger partial charge on any atom is -0.437 e. The molecule has 0 aliphatic carbocycles. The van der Waals surface area contributed by atoms with Gasteiger partial charge in [-0.1, -0.05) is 11.6 Å². The summed E-state index contributed by atoms with van der Waals surface area (Å²) in [5.74, 6) is 0.318. The number of rotatable bonds is 2. The van der Waals surface area contributed by atoms with Crippen molar-refractivity contribution < 1.29 is 17.9 Å². The summed E-state index contributed by atoms with van der Waals surface area (Å²) < 4.78 is 45.0. The summed E-state index contributed by atoms with van der Waals surface area (Å²) in [7, 11) is 1.74. The lowest BCUT2D eigenvalue weighted by molar-refractivity contribution is -0.141. The van der Waals surface area contributed by atoms with E-state index in [4.69, 9.17) is 16.3 Å². The van der Waals surface area contributed by atoms with Gasteiger partial charge in [0.15, 0.2) is 11.4 Å². The van der Waals surface area contributed by atoms with Gasteiger partial charge < -0.3 is 9.30 Å². The normalized spacial score (nSPS) is 11.9. The fraction of sp³-hybridized carbons (Fsp3) is 0.214. The first-order chi connectivity index (χ1) is 10.8. The van der Waals surface area contributed by atoms with Crippen LogP contribution in [0.1, 0.15) is 11.3 Å². The van der Waals surface area contributed by atoms with Crippen molar-refractivity contribution in [3.8, 4) is 11.6 Å². The monoisotopic (exact) mass is 342 g/mol. The number of pyridine rings is 2. The lowest BCUT2D eigenvalue weighted by Gasteiger charge is -2.11. The quantitative estimate of drug-likeness (QED) is 0.702. The van der Waals surface area contributed by atoms with E-state index in [-0.39, 0.29) is 17.2 Å². The SMILES string of the molecule is Cc1cc(C(F)(F)F)ncc1Oc1cc(Cl)c2ncn(C)c2n1. The number of aromatic nitrogens is 4. The Balaban J connectivity index is 1.97. The highest BCUT2D eigenvalue weighted by Gasteiger charge is 2.32. The summed E-state index contributed by atoms with van der Waals surface area (Å²) in [5.41, 5.74) is 0.333. The molecule has 0 aliphatic heterocycles. The van der Waals surface area contributed by atoms with Crippen LogP contribution in [0.15, 0.2) is 24.7 Å². The van der Waals surface area contributed by atoms with Crippen LogP contribution >= 0.6 is 11.6 Å². The molecular weight excluding hydrogens is 333 g/mol. The summed E-state index contributed by atoms with van der Waals surface area (Å²) in [6, 6.07) is 2.37. The van der Waals surface area contributed by atoms with Gasteiger partial charge in [0.05, 0.1) is 17.5 Å². The van der Waals surface area contributed by atoms with Crippen molar-refractivity contribution in [2.24, 2.45) is 7.05 Å². The highest BCUT2D eigenvalue weighted by atomic mass is 35.5. The molecule has 0 aromatic carbocycles. The Morgan fingerprint density at radius 2 is 1.96 bits per heavy atom. The van der Waals surface area contributed by atoms with Crippen LogP contribution in [0.3, 0.4) is 0 Å². The van der Waals surface area contributed by atoms with E-state index in [1.807, 2.05) is 0 Å². The molecule has 9 heteroatoms. The van der Waals surface area contributed by atoms with E-state index in [1.165, 1.54) is 13.0 Å². The topological polar surface area (TPSA) is 52.8 Å². The van der Waals surface area contributed by atoms with Gasteiger partial charge in [0.1, 0.15) is 11.2 Å². The summed E-state index contributed by atoms with van der Waals surface area (Å²) in [4.78, 5) is 11.7. The molecule has 0 fully saturated rings. The van der Waals surface area contributed by atoms with Crippen LogP contribution < -0.4 is 4.74 Å². The molecule has 0 radical (unpaired) electrons. The molecule has 0 aliphatic rings. The van der Waals surface area contributed by atoms with Gasteiger partial charge in [0, 0.05) is 13.1 Å². The fourth-order valence-corrected chi connectivity index (χ4v) is 2.23. The molecule has 3 aromatic heterocycles. The molecule has 3 rings (SSSR count). The molecule has 0 saturated carbocycles. The van der Waals surface area contributed by atoms with Crippen molar-refractivity contribution in [1.29, 1.82) is 0 Å². The van der Waals surface area contributed by atoms with Crippen LogP contribution in [0, 0.1) is 6.92 Å². The molecule has 120 valence electrons. The number of imidazole rings is 1. The first-order valence-electron chi connectivity index (χ1n) is 6.45. The van der Waals surface area contributed by atoms with Crippen LogP contribution in [-0.4, -0.2) is 19.5 Å². The summed E-state index contributed by atoms with van der Waals surface area (Å²) in [6.07, 6.45) is -1.93. The molecule has 0 saturated heterocycles. The number of nitrogens with zero attached hydrogens (tertiary/aromatic N) is 4. The average Bonchev–Trinajstić information content (AvgIpc) is 2.82. The Hall–Kier alpha value is -2.35. The van der Waals surface area contributed by atoms with Crippen LogP contribution in [0.25, 0.3) is 11.2 Å². The predicted octanol–water partition coefficient (Wildman–Crippen LogP) is 4.14. The molecular formula is C14H10ClF3N4O. The smallest absolute Gasteiger partial charge is 0.433 e. The van der Waals surface area contributed by atoms with E-state index in [0.29, 0.717) is 16.2 Å². The Kier molecular flexibility index (Phi) is 3.63. The minimum atomic E-state index is -4.50. The van der Waals surface area contributed by atoms with E-state index in [9.17, 15) is 13.2 Å². The van der Waals surface area contributed by atoms with Gasteiger partial charge in [-0.05, 0) is 18.6 Å². The number of hydrogen-bond acceptors (Lipinski definition) is 4. The fourth-order valence-electron chi connectivity index (χ4n) is 2.01. The number of hydrogen-bond donors (Lipinski definition) is 0. The summed E-state index contributed by atoms with van der Waals surface area (Å²) in [5, 5.41) is 0.336. The zero-order valence-corrected chi connectivity index (χ0v) is 12.8. The second kappa shape index (κ2) is 5.38. The third kappa shape index (κ3) is 2.94. The Labute approximate surface area is 133 Å². The molecule has 0 N–H and O–H groups in total. The summed E-state index contributed by atoms with van der Waals surface area (Å²) >= 11 is 6.11. The largest absolute Gasteiger partial charge is 0.437 e. The van der Waals surface area contributed by atoms with Gasteiger partial charge in [0.2, 0.25) is 5.88 Å². The lowest BCUT2D eigenvalue weighted by atomic mass is 10.2. The zero-order valence-electron chi connectivity index (χ0n) is 12.0. The standard InChI is InChI=1S/C14H10ClF3N4O/c1-7-3-10(14(16,17)18)19-5-9(7)23-11-4-8(15)12-13(21-11)22(2)6-20-12/h3-6H,1-2H3. The molecule has 23 heavy (non-hydrogen) atoms. The van der Waals surface area contributed by atoms with Crippen LogP contribution in [0.5, 0.6) is 11.6 Å². The maximum absolute atomic E-state index is 12.6. The third-order valence-corrected chi connectivity index (χ3v) is 3.45. The van der Waals surface area contributed by atoms with E-state index >= 15 is 0 Å². The van der Waals surface area contributed by atoms with E-state index in [0.717, 1.165) is 12.3 Å². The average molecular weight is 343 g/mol. The van der Waals surface area contributed by atoms with E-state index in [1.54, 1.807) is 17.9 Å². The van der Waals surface area contributed by atoms with Crippen molar-refractivity contribution in [3.05, 3.63) is 40.9 Å². The number of halogens is 4. The van der Waals surface area contributed by atoms with Gasteiger partial charge in [-0.15, -0.1) is 0 Å². The maximum Gasteiger partial charge on any atom is 0.433 e. The minimum absolute atomic E-state index is 0.149. The van der Waals surface area contributed by atoms with E-state index < -0.39 is 11.9 Å². The zero-order chi connectivity index (χ0) is 16.8. The molecule has 0 bridgehead atoms. The van der Waals surface area contributed by atoms with Crippen molar-refractivity contribution >= 4 is 22.8 Å². The van der Waals surface area contributed by atoms with Crippen molar-refractivity contribution in [2.45, 2.75) is 13.1 Å². The molecule has 0 unspecified atom stereocenters. The van der Waals surface area contributed by atoms with Gasteiger partial charge in [0.25, 0.3) is 0 Å².